The van der Waals surface area contributed by atoms with Crippen molar-refractivity contribution >= 4 is 18.4 Å². The van der Waals surface area contributed by atoms with Gasteiger partial charge in [-0.3, -0.25) is 4.79 Å². The van der Waals surface area contributed by atoms with Crippen LogP contribution in [0.15, 0.2) is 24.3 Å². The van der Waals surface area contributed by atoms with Crippen molar-refractivity contribution in [2.45, 2.75) is 52.7 Å². The van der Waals surface area contributed by atoms with Crippen LogP contribution in [0.5, 0.6) is 0 Å². The summed E-state index contributed by atoms with van der Waals surface area (Å²) >= 11 is 0. The SMILES string of the molecule is CC(C)C(=O)c1ccccc1B1OC(C)(C)C(C)(C)O1. The molecule has 1 fully saturated rings. The Bertz CT molecular complexity index is 504. The van der Waals surface area contributed by atoms with Crippen LogP contribution in [0.25, 0.3) is 0 Å². The van der Waals surface area contributed by atoms with Gasteiger partial charge >= 0.3 is 7.12 Å². The molecule has 0 radical (unpaired) electrons. The lowest BCUT2D eigenvalue weighted by atomic mass is 9.74. The van der Waals surface area contributed by atoms with Gasteiger partial charge in [-0.25, -0.2) is 0 Å². The second-order valence-corrected chi connectivity index (χ2v) is 6.69. The number of ketones is 1. The molecule has 0 N–H and O–H groups in total. The summed E-state index contributed by atoms with van der Waals surface area (Å²) in [5.74, 6) is 0.0777. The molecule has 1 aliphatic heterocycles. The zero-order valence-electron chi connectivity index (χ0n) is 13.2. The van der Waals surface area contributed by atoms with Crippen LogP contribution in [-0.2, 0) is 9.31 Å². The Morgan fingerprint density at radius 1 is 1.05 bits per heavy atom. The van der Waals surface area contributed by atoms with Gasteiger partial charge in [-0.2, -0.15) is 0 Å². The Hall–Kier alpha value is -1.13. The van der Waals surface area contributed by atoms with E-state index in [0.29, 0.717) is 5.56 Å². The van der Waals surface area contributed by atoms with Gasteiger partial charge in [0, 0.05) is 11.5 Å². The molecule has 1 heterocycles. The Labute approximate surface area is 121 Å². The maximum absolute atomic E-state index is 12.3. The van der Waals surface area contributed by atoms with Crippen molar-refractivity contribution in [3.05, 3.63) is 29.8 Å². The molecule has 3 nitrogen and oxygen atoms in total. The molecule has 1 saturated heterocycles. The summed E-state index contributed by atoms with van der Waals surface area (Å²) in [5, 5.41) is 0. The zero-order valence-corrected chi connectivity index (χ0v) is 13.2. The summed E-state index contributed by atoms with van der Waals surface area (Å²) in [6, 6.07) is 7.56. The Morgan fingerprint density at radius 3 is 2.05 bits per heavy atom. The van der Waals surface area contributed by atoms with Crippen LogP contribution in [0.1, 0.15) is 51.9 Å². The molecular formula is C16H23BO3. The third-order valence-corrected chi connectivity index (χ3v) is 4.26. The van der Waals surface area contributed by atoms with Crippen LogP contribution in [0.2, 0.25) is 0 Å². The van der Waals surface area contributed by atoms with E-state index in [1.54, 1.807) is 0 Å². The summed E-state index contributed by atoms with van der Waals surface area (Å²) in [6.07, 6.45) is 0. The molecule has 0 atom stereocenters. The molecule has 0 bridgehead atoms. The van der Waals surface area contributed by atoms with Crippen molar-refractivity contribution in [3.8, 4) is 0 Å². The number of benzene rings is 1. The Balaban J connectivity index is 2.39. The lowest BCUT2D eigenvalue weighted by Crippen LogP contribution is -2.41. The topological polar surface area (TPSA) is 35.5 Å². The van der Waals surface area contributed by atoms with E-state index < -0.39 is 18.3 Å². The van der Waals surface area contributed by atoms with Crippen LogP contribution >= 0.6 is 0 Å². The lowest BCUT2D eigenvalue weighted by Gasteiger charge is -2.32. The van der Waals surface area contributed by atoms with E-state index in [-0.39, 0.29) is 11.7 Å². The number of rotatable bonds is 3. The molecule has 20 heavy (non-hydrogen) atoms. The van der Waals surface area contributed by atoms with E-state index in [2.05, 4.69) is 0 Å². The fraction of sp³-hybridized carbons (Fsp3) is 0.562. The quantitative estimate of drug-likeness (QED) is 0.628. The average molecular weight is 274 g/mol. The molecule has 108 valence electrons. The van der Waals surface area contributed by atoms with Gasteiger partial charge in [0.1, 0.15) is 0 Å². The molecule has 0 unspecified atom stereocenters. The maximum atomic E-state index is 12.3. The standard InChI is InChI=1S/C16H23BO3/c1-11(2)14(18)12-9-7-8-10-13(12)17-19-15(3,4)16(5,6)20-17/h7-11H,1-6H3. The van der Waals surface area contributed by atoms with Gasteiger partial charge in [-0.05, 0) is 33.2 Å². The Kier molecular flexibility index (Phi) is 3.82. The number of Topliss-reactive ketones (excluding diaryl/α,β-unsaturated/α-hetero) is 1. The predicted octanol–water partition coefficient (Wildman–Crippen LogP) is 2.82. The molecule has 0 spiro atoms. The van der Waals surface area contributed by atoms with E-state index in [1.807, 2.05) is 65.8 Å². The minimum atomic E-state index is -0.487. The summed E-state index contributed by atoms with van der Waals surface area (Å²) < 4.78 is 12.1. The van der Waals surface area contributed by atoms with Gasteiger partial charge in [0.15, 0.2) is 5.78 Å². The van der Waals surface area contributed by atoms with Crippen LogP contribution < -0.4 is 5.46 Å². The van der Waals surface area contributed by atoms with Crippen molar-refractivity contribution < 1.29 is 14.1 Å². The summed E-state index contributed by atoms with van der Waals surface area (Å²) in [5.41, 5.74) is 0.725. The van der Waals surface area contributed by atoms with Gasteiger partial charge in [-0.15, -0.1) is 0 Å². The molecular weight excluding hydrogens is 251 g/mol. The summed E-state index contributed by atoms with van der Waals surface area (Å²) in [6.45, 7) is 11.9. The molecule has 0 amide bonds. The van der Waals surface area contributed by atoms with E-state index >= 15 is 0 Å². The van der Waals surface area contributed by atoms with Crippen LogP contribution in [-0.4, -0.2) is 24.1 Å². The van der Waals surface area contributed by atoms with E-state index in [9.17, 15) is 4.79 Å². The fourth-order valence-electron chi connectivity index (χ4n) is 2.21. The smallest absolute Gasteiger partial charge is 0.399 e. The second-order valence-electron chi connectivity index (χ2n) is 6.69. The fourth-order valence-corrected chi connectivity index (χ4v) is 2.21. The van der Waals surface area contributed by atoms with Crippen LogP contribution in [0.3, 0.4) is 0 Å². The van der Waals surface area contributed by atoms with Crippen molar-refractivity contribution in [1.82, 2.24) is 0 Å². The zero-order chi connectivity index (χ0) is 15.1. The average Bonchev–Trinajstić information content (AvgIpc) is 2.57. The van der Waals surface area contributed by atoms with Gasteiger partial charge in [-0.1, -0.05) is 38.1 Å². The summed E-state index contributed by atoms with van der Waals surface area (Å²) in [7, 11) is -0.487. The highest BCUT2D eigenvalue weighted by Gasteiger charge is 2.52. The number of carbonyl (C=O) groups excluding carboxylic acids is 1. The van der Waals surface area contributed by atoms with E-state index in [4.69, 9.17) is 9.31 Å². The maximum Gasteiger partial charge on any atom is 0.495 e. The van der Waals surface area contributed by atoms with Gasteiger partial charge in [0.25, 0.3) is 0 Å². The minimum absolute atomic E-state index is 0.0430. The lowest BCUT2D eigenvalue weighted by molar-refractivity contribution is 0.00578. The van der Waals surface area contributed by atoms with Gasteiger partial charge < -0.3 is 9.31 Å². The molecule has 2 rings (SSSR count). The van der Waals surface area contributed by atoms with Crippen molar-refractivity contribution in [2.75, 3.05) is 0 Å². The van der Waals surface area contributed by atoms with Crippen LogP contribution in [0, 0.1) is 5.92 Å². The molecule has 1 aliphatic rings. The first kappa shape index (κ1) is 15.3. The Morgan fingerprint density at radius 2 is 1.55 bits per heavy atom. The number of carbonyl (C=O) groups is 1. The molecule has 1 aromatic rings. The first-order valence-corrected chi connectivity index (χ1v) is 7.14. The minimum Gasteiger partial charge on any atom is -0.399 e. The van der Waals surface area contributed by atoms with Crippen LogP contribution in [0.4, 0.5) is 0 Å². The third-order valence-electron chi connectivity index (χ3n) is 4.26. The monoisotopic (exact) mass is 274 g/mol. The molecule has 0 saturated carbocycles. The predicted molar refractivity (Wildman–Crippen MR) is 81.3 cm³/mol. The first-order chi connectivity index (χ1) is 9.16. The summed E-state index contributed by atoms with van der Waals surface area (Å²) in [4.78, 5) is 12.3. The van der Waals surface area contributed by atoms with E-state index in [1.165, 1.54) is 0 Å². The van der Waals surface area contributed by atoms with Gasteiger partial charge in [0.2, 0.25) is 0 Å². The molecule has 1 aromatic carbocycles. The highest BCUT2D eigenvalue weighted by atomic mass is 16.7. The molecule has 0 aliphatic carbocycles. The molecule has 4 heteroatoms. The highest BCUT2D eigenvalue weighted by molar-refractivity contribution is 6.63. The highest BCUT2D eigenvalue weighted by Crippen LogP contribution is 2.36. The first-order valence-electron chi connectivity index (χ1n) is 7.14. The second kappa shape index (κ2) is 5.01. The van der Waals surface area contributed by atoms with Crippen molar-refractivity contribution in [3.63, 3.8) is 0 Å². The van der Waals surface area contributed by atoms with E-state index in [0.717, 1.165) is 5.46 Å². The van der Waals surface area contributed by atoms with Crippen molar-refractivity contribution in [1.29, 1.82) is 0 Å². The third kappa shape index (κ3) is 2.55. The van der Waals surface area contributed by atoms with Gasteiger partial charge in [0.05, 0.1) is 11.2 Å². The van der Waals surface area contributed by atoms with Crippen molar-refractivity contribution in [2.24, 2.45) is 5.92 Å². The molecule has 0 aromatic heterocycles. The number of hydrogen-bond donors (Lipinski definition) is 0. The largest absolute Gasteiger partial charge is 0.495 e. The normalized spacial score (nSPS) is 20.4. The number of hydrogen-bond acceptors (Lipinski definition) is 3.